The summed E-state index contributed by atoms with van der Waals surface area (Å²) < 4.78 is 129. The normalized spacial score (nSPS) is 46.3. The summed E-state index contributed by atoms with van der Waals surface area (Å²) in [4.78, 5) is 88.7. The van der Waals surface area contributed by atoms with Crippen LogP contribution in [-0.4, -0.2) is 635 Å². The molecule has 11 aliphatic heterocycles. The first-order valence-electron chi connectivity index (χ1n) is 47.5. The van der Waals surface area contributed by atoms with Gasteiger partial charge in [-0.25, -0.2) is 0 Å². The summed E-state index contributed by atoms with van der Waals surface area (Å²) in [5.74, 6) is -10.7. The zero-order chi connectivity index (χ0) is 111. The lowest BCUT2D eigenvalue weighted by atomic mass is 9.88. The molecular weight excluding hydrogens is 2060 g/mol. The number of hydrogen-bond acceptors (Lipinski definition) is 61. The predicted molar refractivity (Wildman–Crippen MR) is 459 cm³/mol. The van der Waals surface area contributed by atoms with Gasteiger partial charge in [-0.2, -0.15) is 0 Å². The summed E-state index contributed by atoms with van der Waals surface area (Å²) in [7, 11) is 0. The number of carbonyl (C=O) groups is 7. The minimum Gasteiger partial charge on any atom is -0.544 e. The molecule has 0 saturated carbocycles. The van der Waals surface area contributed by atoms with Gasteiger partial charge in [0.1, 0.15) is 268 Å². The van der Waals surface area contributed by atoms with Crippen molar-refractivity contribution in [2.75, 3.05) is 85.9 Å². The maximum atomic E-state index is 13.2. The maximum Gasteiger partial charge on any atom is 0.217 e. The van der Waals surface area contributed by atoms with Crippen molar-refractivity contribution in [2.45, 2.75) is 390 Å². The van der Waals surface area contributed by atoms with Crippen LogP contribution in [0.25, 0.3) is 0 Å². The first kappa shape index (κ1) is 124. The van der Waals surface area contributed by atoms with Gasteiger partial charge in [0.2, 0.25) is 41.7 Å². The molecule has 11 fully saturated rings. The van der Waals surface area contributed by atoms with Crippen LogP contribution in [0, 0.1) is 0 Å². The SMILES string of the molecule is CC(=O)N[C@H]1[C@H](O[C@H]2[C@@H](O)[C@@H](CO)O[C@@H](O[C@H]3[C@H](O)[C@@H](O)[C@H](OC[C@@H](CO)NC=O)O[C@@H]3CO)[C@@H]2O)O[C@H](CO)[C@@H](O[C@@H]2O[C@H](CO)[C@H](O)[C@H](O[C@@H]3O[C@H](CO)[C@@H](O[C@@H]4O[C@H](CO)[C@H](O)[C@H](O[C@@H]5O[C@H](CO)[C@@H](O[C@@H]6O[C@H](CO)[C@H](O)[C@H](O[C@@H]7O[C@H](CO)[C@@H](O[C@@H]8O[C@H](CO)[C@H](O)[C@H](O[C@]9(C(=O)[O-])C[C@H](O)[C@@H](NC(C)=O)[C@H]([C@H](O)[C@H](O)CO)O9)[C@H]8O)[C@H](O)[C@H]7NC(C)=O)[C@H]6O)[C@H](O)[C@H]5NC(C)=O)[C@H]4O)[C@H](O)[C@H]3NC(C)=O)[C@H]2O)[C@@H]1O. The van der Waals surface area contributed by atoms with E-state index in [0.29, 0.717) is 0 Å². The summed E-state index contributed by atoms with van der Waals surface area (Å²) >= 11 is 0. The molecule has 0 spiro atoms. The van der Waals surface area contributed by atoms with E-state index in [1.54, 1.807) is 0 Å². The van der Waals surface area contributed by atoms with Crippen LogP contribution in [0.15, 0.2) is 0 Å². The number of rotatable bonds is 45. The summed E-state index contributed by atoms with van der Waals surface area (Å²) in [5, 5.41) is 376. The zero-order valence-electron chi connectivity index (χ0n) is 80.4. The van der Waals surface area contributed by atoms with Crippen LogP contribution in [0.3, 0.4) is 0 Å². The Balaban J connectivity index is 0.759. The fraction of sp³-hybridized carbons (Fsp3) is 0.916. The number of nitrogens with one attached hydrogen (secondary N) is 6. The van der Waals surface area contributed by atoms with Crippen LogP contribution in [0.1, 0.15) is 41.0 Å². The zero-order valence-corrected chi connectivity index (χ0v) is 80.4. The Morgan fingerprint density at radius 3 is 0.793 bits per heavy atom. The lowest BCUT2D eigenvalue weighted by Crippen LogP contribution is -2.72. The third kappa shape index (κ3) is 27.8. The van der Waals surface area contributed by atoms with Gasteiger partial charge < -0.3 is 304 Å². The highest BCUT2D eigenvalue weighted by molar-refractivity contribution is 5.76. The number of carboxylic acid groups (broad SMARTS) is 1. The highest BCUT2D eigenvalue weighted by Crippen LogP contribution is 2.44. The number of ether oxygens (including phenoxy) is 22. The maximum absolute atomic E-state index is 13.2. The molecule has 57 atom stereocenters. The van der Waals surface area contributed by atoms with Crippen molar-refractivity contribution in [3.05, 3.63) is 0 Å². The van der Waals surface area contributed by atoms with E-state index in [1.165, 1.54) is 0 Å². The van der Waals surface area contributed by atoms with Crippen molar-refractivity contribution in [1.29, 1.82) is 0 Å². The van der Waals surface area contributed by atoms with Crippen molar-refractivity contribution < 1.29 is 301 Å². The fourth-order valence-corrected chi connectivity index (χ4v) is 19.2. The number of carbonyl (C=O) groups excluding carboxylic acids is 7. The number of amides is 6. The Morgan fingerprint density at radius 2 is 0.547 bits per heavy atom. The molecule has 11 aliphatic rings. The van der Waals surface area contributed by atoms with Gasteiger partial charge in [-0.05, 0) is 0 Å². The summed E-state index contributed by atoms with van der Waals surface area (Å²) in [6.45, 7) is -9.71. The van der Waals surface area contributed by atoms with Crippen LogP contribution < -0.4 is 37.0 Å². The Kier molecular flexibility index (Phi) is 45.7. The molecule has 11 saturated heterocycles. The van der Waals surface area contributed by atoms with Crippen LogP contribution in [0.5, 0.6) is 0 Å². The van der Waals surface area contributed by atoms with E-state index in [9.17, 15) is 197 Å². The smallest absolute Gasteiger partial charge is 0.217 e. The molecule has 67 nitrogen and oxygen atoms in total. The molecule has 0 aromatic rings. The first-order valence-corrected chi connectivity index (χ1v) is 47.5. The van der Waals surface area contributed by atoms with Crippen LogP contribution >= 0.6 is 0 Å². The van der Waals surface area contributed by atoms with Crippen molar-refractivity contribution in [2.24, 2.45) is 0 Å². The monoisotopic (exact) mass is 2190 g/mol. The molecule has 0 unspecified atom stereocenters. The van der Waals surface area contributed by atoms with E-state index in [0.717, 1.165) is 34.6 Å². The number of carboxylic acids is 1. The predicted octanol–water partition coefficient (Wildman–Crippen LogP) is -27.3. The van der Waals surface area contributed by atoms with E-state index in [1.807, 2.05) is 0 Å². The Bertz CT molecular complexity index is 4230. The average Bonchev–Trinajstić information content (AvgIpc) is 0.752. The molecule has 0 aromatic heterocycles. The second kappa shape index (κ2) is 55.1. The van der Waals surface area contributed by atoms with Gasteiger partial charge in [0.05, 0.1) is 104 Å². The highest BCUT2D eigenvalue weighted by Gasteiger charge is 2.65. The summed E-state index contributed by atoms with van der Waals surface area (Å²) in [6, 6.07) is -10.9. The largest absolute Gasteiger partial charge is 0.544 e. The van der Waals surface area contributed by atoms with Gasteiger partial charge in [-0.3, -0.25) is 28.8 Å². The van der Waals surface area contributed by atoms with Crippen LogP contribution in [0.2, 0.25) is 0 Å². The Hall–Kier alpha value is -5.83. The second-order valence-corrected chi connectivity index (χ2v) is 37.4. The molecule has 0 aromatic carbocycles. The molecule has 150 heavy (non-hydrogen) atoms. The summed E-state index contributed by atoms with van der Waals surface area (Å²) in [5.41, 5.74) is 0. The third-order valence-electron chi connectivity index (χ3n) is 26.9. The van der Waals surface area contributed by atoms with E-state index in [4.69, 9.17) is 104 Å². The molecule has 11 rings (SSSR count). The topological polar surface area (TPSA) is 1040 Å². The molecular formula is C83H137N6O61-. The van der Waals surface area contributed by atoms with E-state index < -0.39 is 477 Å². The Morgan fingerprint density at radius 1 is 0.307 bits per heavy atom. The first-order chi connectivity index (χ1) is 71.1. The molecule has 11 heterocycles. The fourth-order valence-electron chi connectivity index (χ4n) is 19.2. The van der Waals surface area contributed by atoms with Crippen molar-refractivity contribution in [3.63, 3.8) is 0 Å². The number of aliphatic carboxylic acids is 1. The molecule has 0 aliphatic carbocycles. The van der Waals surface area contributed by atoms with Crippen LogP contribution in [0.4, 0.5) is 0 Å². The number of aliphatic hydroxyl groups is 31. The number of aliphatic hydroxyl groups excluding tert-OH is 31. The Labute approximate surface area is 848 Å². The van der Waals surface area contributed by atoms with E-state index in [2.05, 4.69) is 31.9 Å². The molecule has 0 radical (unpaired) electrons. The van der Waals surface area contributed by atoms with E-state index >= 15 is 0 Å². The minimum atomic E-state index is -3.40. The highest BCUT2D eigenvalue weighted by atomic mass is 16.8. The van der Waals surface area contributed by atoms with Gasteiger partial charge in [0, 0.05) is 41.0 Å². The van der Waals surface area contributed by atoms with Gasteiger partial charge >= 0.3 is 0 Å². The summed E-state index contributed by atoms with van der Waals surface area (Å²) in [6.07, 6.45) is -109. The van der Waals surface area contributed by atoms with Crippen LogP contribution in [-0.2, 0) is 138 Å². The average molecular weight is 2190 g/mol. The standard InChI is InChI=1S/C83H138N6O61/c1-21(103)85-39-27(108)6-83(82(127)128,149-66(39)44(110)28(109)8-91)150-71-49(115)33(13-96)134-81(60(71)126)143-64-37(17-100)138-75(43(53(64)119)89-25(5)107)147-69-47(113)31(11-94)132-79(58(69)124)141-62-35(15-98)136-73(41(51(62)117)87-23(3)105)145-67-45(111)29(9-92)130-77(56(67)122)140-61-34(14-97)135-72(40(50(61)116)86-22(2)104)146-68-46(112)30(10-93)131-78(57(68)123)142-63-36(16-99)137-74(42(52(63)118)88-24(4)106)148-70-48(114)32(12-95)133-80(59(70)125)144-65-38(18-101)139-76(55(121)54(65)120)129-19-26(7-90)84-20-102/h20,26-81,90-101,108-126H,6-19H2,1-5H3,(H,84,102)(H,85,103)(H,86,104)(H,87,105)(H,88,106)(H,89,107)(H,127,128)/p-1/t26-,27+,28-,29-,30-,31-,32-,33-,34-,35-,36-,37-,38-,39-,40-,41-,42-,43-,44-,45+,46+,47+,48+,49+,50-,51-,52-,53-,54-,55-,56-,57-,58-,59-,60-,61-,62-,63-,64-,65-,66-,67+,68+,69+,70+,71+,72+,73+,74+,75+,76-,77+,78+,79+,80+,81+,83+/m1/s1. The molecule has 67 heteroatoms. The molecule has 0 bridgehead atoms. The van der Waals surface area contributed by atoms with Crippen molar-refractivity contribution in [1.82, 2.24) is 31.9 Å². The lowest BCUT2D eigenvalue weighted by Gasteiger charge is -2.52. The molecule has 6 amide bonds. The van der Waals surface area contributed by atoms with Gasteiger partial charge in [-0.15, -0.1) is 0 Å². The molecule has 37 N–H and O–H groups in total. The van der Waals surface area contributed by atoms with E-state index in [-0.39, 0.29) is 6.41 Å². The van der Waals surface area contributed by atoms with Gasteiger partial charge in [0.15, 0.2) is 62.9 Å². The van der Waals surface area contributed by atoms with Crippen molar-refractivity contribution in [3.8, 4) is 0 Å². The van der Waals surface area contributed by atoms with Gasteiger partial charge in [0.25, 0.3) is 0 Å². The number of hydrogen-bond donors (Lipinski definition) is 37. The lowest BCUT2D eigenvalue weighted by molar-refractivity contribution is -0.411. The molecule has 866 valence electrons. The van der Waals surface area contributed by atoms with Gasteiger partial charge in [-0.1, -0.05) is 0 Å². The second-order valence-electron chi connectivity index (χ2n) is 37.4. The van der Waals surface area contributed by atoms with Crippen molar-refractivity contribution >= 4 is 41.9 Å². The quantitative estimate of drug-likeness (QED) is 0.0252. The third-order valence-corrected chi connectivity index (χ3v) is 26.9. The minimum absolute atomic E-state index is 0.243.